The second-order valence-electron chi connectivity index (χ2n) is 20.2. The number of carbonyl (C=O) groups is 3. The SMILES string of the molecule is CC/C=C\C/C=C\C/C=C\C/C=C\C/C=C\C/C=C\CCCCCCC(=O)OCC(COC(=O)CCCCCCC/C=C\CCCCCCC)OC(=O)CCCCCCCCCCC/C=C\C/C=C\CCCCC. The van der Waals surface area contributed by atoms with Crippen molar-refractivity contribution in [3.8, 4) is 0 Å². The molecule has 0 N–H and O–H groups in total. The van der Waals surface area contributed by atoms with Gasteiger partial charge in [0.15, 0.2) is 6.10 Å². The van der Waals surface area contributed by atoms with Crippen LogP contribution in [-0.2, 0) is 28.6 Å². The van der Waals surface area contributed by atoms with Crippen LogP contribution in [0.3, 0.4) is 0 Å². The Labute approximate surface area is 457 Å². The number of unbranched alkanes of at least 4 members (excludes halogenated alkanes) is 26. The van der Waals surface area contributed by atoms with Gasteiger partial charge < -0.3 is 14.2 Å². The molecule has 422 valence electrons. The molecule has 0 amide bonds. The average molecular weight is 1030 g/mol. The summed E-state index contributed by atoms with van der Waals surface area (Å²) in [5.74, 6) is -0.926. The molecule has 0 aromatic heterocycles. The zero-order valence-corrected chi connectivity index (χ0v) is 48.3. The van der Waals surface area contributed by atoms with Gasteiger partial charge in [-0.3, -0.25) is 14.4 Å². The van der Waals surface area contributed by atoms with Crippen LogP contribution in [0.2, 0.25) is 0 Å². The van der Waals surface area contributed by atoms with Crippen molar-refractivity contribution in [1.82, 2.24) is 0 Å². The number of hydrogen-bond acceptors (Lipinski definition) is 6. The quantitative estimate of drug-likeness (QED) is 0.0261. The van der Waals surface area contributed by atoms with Gasteiger partial charge in [-0.15, -0.1) is 0 Å². The number of allylic oxidation sites excluding steroid dienone is 18. The molecule has 0 radical (unpaired) electrons. The largest absolute Gasteiger partial charge is 0.462 e. The predicted molar refractivity (Wildman–Crippen MR) is 320 cm³/mol. The average Bonchev–Trinajstić information content (AvgIpc) is 3.40. The van der Waals surface area contributed by atoms with E-state index in [-0.39, 0.29) is 31.1 Å². The van der Waals surface area contributed by atoms with Crippen molar-refractivity contribution in [2.45, 2.75) is 290 Å². The highest BCUT2D eigenvalue weighted by Crippen LogP contribution is 2.15. The Morgan fingerprint density at radius 2 is 0.527 bits per heavy atom. The molecule has 0 aliphatic rings. The maximum absolute atomic E-state index is 12.9. The van der Waals surface area contributed by atoms with Crippen molar-refractivity contribution in [2.75, 3.05) is 13.2 Å². The smallest absolute Gasteiger partial charge is 0.306 e. The van der Waals surface area contributed by atoms with Gasteiger partial charge in [0.1, 0.15) is 13.2 Å². The Kier molecular flexibility index (Phi) is 58.3. The van der Waals surface area contributed by atoms with Gasteiger partial charge in [-0.1, -0.05) is 246 Å². The monoisotopic (exact) mass is 1030 g/mol. The van der Waals surface area contributed by atoms with E-state index in [0.29, 0.717) is 19.3 Å². The molecule has 0 heterocycles. The first-order valence-electron chi connectivity index (χ1n) is 30.9. The molecule has 0 saturated carbocycles. The van der Waals surface area contributed by atoms with Crippen LogP contribution in [0.15, 0.2) is 109 Å². The van der Waals surface area contributed by atoms with E-state index < -0.39 is 6.10 Å². The standard InChI is InChI=1S/C68H114O6/c1-4-7-10-13-16-19-22-25-28-30-32-33-34-35-37-38-40-43-46-49-52-55-58-61-67(70)73-64-65(63-72-66(69)60-57-54-51-48-45-42-27-24-21-18-15-12-9-6-3)74-68(71)62-59-56-53-50-47-44-41-39-36-31-29-26-23-20-17-14-11-8-5-2/h7,10,16-17,19-20,24-29,32-33,35,37,40,43,65H,4-6,8-9,11-15,18,21-23,30-31,34,36,38-39,41-42,44-64H2,1-3H3/b10-7-,19-16-,20-17-,27-24-,28-25-,29-26-,33-32-,37-35-,43-40-. The fourth-order valence-corrected chi connectivity index (χ4v) is 8.35. The molecule has 0 rings (SSSR count). The van der Waals surface area contributed by atoms with Gasteiger partial charge in [-0.2, -0.15) is 0 Å². The van der Waals surface area contributed by atoms with Crippen LogP contribution in [0.25, 0.3) is 0 Å². The van der Waals surface area contributed by atoms with Crippen molar-refractivity contribution in [1.29, 1.82) is 0 Å². The van der Waals surface area contributed by atoms with Crippen molar-refractivity contribution in [2.24, 2.45) is 0 Å². The van der Waals surface area contributed by atoms with Gasteiger partial charge in [0.05, 0.1) is 0 Å². The van der Waals surface area contributed by atoms with Crippen molar-refractivity contribution >= 4 is 17.9 Å². The summed E-state index contributed by atoms with van der Waals surface area (Å²) >= 11 is 0. The van der Waals surface area contributed by atoms with E-state index in [1.807, 2.05) is 0 Å². The second-order valence-corrected chi connectivity index (χ2v) is 20.2. The molecule has 6 nitrogen and oxygen atoms in total. The van der Waals surface area contributed by atoms with Crippen LogP contribution < -0.4 is 0 Å². The lowest BCUT2D eigenvalue weighted by Crippen LogP contribution is -2.30. The molecule has 0 bridgehead atoms. The van der Waals surface area contributed by atoms with Crippen LogP contribution >= 0.6 is 0 Å². The third-order valence-corrected chi connectivity index (χ3v) is 13.0. The van der Waals surface area contributed by atoms with E-state index in [9.17, 15) is 14.4 Å². The van der Waals surface area contributed by atoms with Crippen LogP contribution in [0.4, 0.5) is 0 Å². The summed E-state index contributed by atoms with van der Waals surface area (Å²) < 4.78 is 16.9. The number of carbonyl (C=O) groups excluding carboxylic acids is 3. The second kappa shape index (κ2) is 61.6. The summed E-state index contributed by atoms with van der Waals surface area (Å²) in [6, 6.07) is 0. The molecule has 74 heavy (non-hydrogen) atoms. The number of hydrogen-bond donors (Lipinski definition) is 0. The summed E-state index contributed by atoms with van der Waals surface area (Å²) in [6.45, 7) is 6.47. The molecule has 0 aromatic rings. The number of rotatable bonds is 55. The van der Waals surface area contributed by atoms with Gasteiger partial charge in [-0.05, 0) is 128 Å². The molecule has 1 atom stereocenters. The van der Waals surface area contributed by atoms with E-state index >= 15 is 0 Å². The summed E-state index contributed by atoms with van der Waals surface area (Å²) in [6.07, 6.45) is 83.6. The summed E-state index contributed by atoms with van der Waals surface area (Å²) in [5.41, 5.74) is 0. The molecule has 0 saturated heterocycles. The van der Waals surface area contributed by atoms with E-state index in [0.717, 1.165) is 122 Å². The van der Waals surface area contributed by atoms with Crippen molar-refractivity contribution < 1.29 is 28.6 Å². The van der Waals surface area contributed by atoms with E-state index in [4.69, 9.17) is 14.2 Å². The Bertz CT molecular complexity index is 1510. The maximum Gasteiger partial charge on any atom is 0.306 e. The minimum absolute atomic E-state index is 0.0930. The van der Waals surface area contributed by atoms with Crippen LogP contribution in [0.1, 0.15) is 284 Å². The highest BCUT2D eigenvalue weighted by molar-refractivity contribution is 5.71. The molecule has 0 aliphatic carbocycles. The lowest BCUT2D eigenvalue weighted by atomic mass is 10.1. The van der Waals surface area contributed by atoms with Gasteiger partial charge in [0.25, 0.3) is 0 Å². The van der Waals surface area contributed by atoms with E-state index in [1.54, 1.807) is 0 Å². The highest BCUT2D eigenvalue weighted by Gasteiger charge is 2.19. The van der Waals surface area contributed by atoms with Crippen molar-refractivity contribution in [3.63, 3.8) is 0 Å². The molecule has 0 spiro atoms. The maximum atomic E-state index is 12.9. The predicted octanol–water partition coefficient (Wildman–Crippen LogP) is 21.0. The Morgan fingerprint density at radius 1 is 0.284 bits per heavy atom. The molecule has 0 aliphatic heterocycles. The first-order chi connectivity index (χ1) is 36.5. The van der Waals surface area contributed by atoms with Crippen LogP contribution in [-0.4, -0.2) is 37.2 Å². The van der Waals surface area contributed by atoms with Gasteiger partial charge in [-0.25, -0.2) is 0 Å². The molecule has 6 heteroatoms. The zero-order chi connectivity index (χ0) is 53.6. The van der Waals surface area contributed by atoms with Gasteiger partial charge >= 0.3 is 17.9 Å². The molecule has 1 unspecified atom stereocenters. The lowest BCUT2D eigenvalue weighted by molar-refractivity contribution is -0.167. The molecular weight excluding hydrogens is 913 g/mol. The normalized spacial score (nSPS) is 12.9. The topological polar surface area (TPSA) is 78.9 Å². The zero-order valence-electron chi connectivity index (χ0n) is 48.3. The van der Waals surface area contributed by atoms with Gasteiger partial charge in [0.2, 0.25) is 0 Å². The third kappa shape index (κ3) is 59.0. The van der Waals surface area contributed by atoms with Crippen LogP contribution in [0.5, 0.6) is 0 Å². The Morgan fingerprint density at radius 3 is 0.865 bits per heavy atom. The minimum atomic E-state index is -0.797. The first-order valence-corrected chi connectivity index (χ1v) is 30.9. The fourth-order valence-electron chi connectivity index (χ4n) is 8.35. The van der Waals surface area contributed by atoms with Crippen LogP contribution in [0, 0.1) is 0 Å². The summed E-state index contributed by atoms with van der Waals surface area (Å²) in [4.78, 5) is 38.3. The Balaban J connectivity index is 4.44. The molecule has 0 aromatic carbocycles. The fraction of sp³-hybridized carbons (Fsp3) is 0.691. The highest BCUT2D eigenvalue weighted by atomic mass is 16.6. The lowest BCUT2D eigenvalue weighted by Gasteiger charge is -2.18. The summed E-state index contributed by atoms with van der Waals surface area (Å²) in [5, 5.41) is 0. The number of ether oxygens (including phenoxy) is 3. The number of esters is 3. The third-order valence-electron chi connectivity index (χ3n) is 13.0. The van der Waals surface area contributed by atoms with E-state index in [2.05, 4.69) is 130 Å². The van der Waals surface area contributed by atoms with E-state index in [1.165, 1.54) is 122 Å². The molecular formula is C68H114O6. The Hall–Kier alpha value is -3.93. The summed E-state index contributed by atoms with van der Waals surface area (Å²) in [7, 11) is 0. The van der Waals surface area contributed by atoms with Gasteiger partial charge in [0, 0.05) is 19.3 Å². The minimum Gasteiger partial charge on any atom is -0.462 e. The first kappa shape index (κ1) is 70.1. The molecule has 0 fully saturated rings. The van der Waals surface area contributed by atoms with Crippen molar-refractivity contribution in [3.05, 3.63) is 109 Å².